The summed E-state index contributed by atoms with van der Waals surface area (Å²) < 4.78 is 25.8. The highest BCUT2D eigenvalue weighted by Gasteiger charge is 2.15. The van der Waals surface area contributed by atoms with Gasteiger partial charge in [-0.3, -0.25) is 4.79 Å². The molecular weight excluding hydrogens is 214 g/mol. The van der Waals surface area contributed by atoms with Gasteiger partial charge in [0.15, 0.2) is 0 Å². The number of carbonyl (C=O) groups is 1. The topological polar surface area (TPSA) is 52.9 Å². The number of hydrogen-bond acceptors (Lipinski definition) is 2. The Kier molecular flexibility index (Phi) is 3.95. The van der Waals surface area contributed by atoms with Gasteiger partial charge in [-0.05, 0) is 18.6 Å². The molecule has 0 aliphatic rings. The third-order valence-corrected chi connectivity index (χ3v) is 2.05. The fourth-order valence-corrected chi connectivity index (χ4v) is 1.14. The third-order valence-electron chi connectivity index (χ3n) is 2.05. The lowest BCUT2D eigenvalue weighted by Crippen LogP contribution is -2.33. The first-order valence-corrected chi connectivity index (χ1v) is 4.74. The average Bonchev–Trinajstić information content (AvgIpc) is 2.25. The van der Waals surface area contributed by atoms with Crippen LogP contribution in [-0.4, -0.2) is 11.9 Å². The van der Waals surface area contributed by atoms with E-state index in [0.29, 0.717) is 12.5 Å². The number of carbonyl (C=O) groups excluding carboxylic acids is 1. The first kappa shape index (κ1) is 12.1. The molecule has 1 rings (SSSR count). The molecule has 1 atom stereocenters. The summed E-state index contributed by atoms with van der Waals surface area (Å²) in [5, 5.41) is 10.9. The monoisotopic (exact) mass is 224 g/mol. The van der Waals surface area contributed by atoms with Gasteiger partial charge in [-0.15, -0.1) is 0 Å². The zero-order valence-electron chi connectivity index (χ0n) is 8.63. The number of benzene rings is 1. The van der Waals surface area contributed by atoms with Gasteiger partial charge in [0.2, 0.25) is 0 Å². The van der Waals surface area contributed by atoms with Gasteiger partial charge in [0, 0.05) is 6.07 Å². The SMILES string of the molecule is CCC(C#N)NC(=O)c1ccc(F)cc1F. The smallest absolute Gasteiger partial charge is 0.255 e. The molecule has 1 aromatic rings. The van der Waals surface area contributed by atoms with Crippen molar-refractivity contribution in [2.24, 2.45) is 0 Å². The number of rotatable bonds is 3. The van der Waals surface area contributed by atoms with Gasteiger partial charge in [0.1, 0.15) is 17.7 Å². The number of nitriles is 1. The summed E-state index contributed by atoms with van der Waals surface area (Å²) in [6, 6.07) is 3.85. The number of amides is 1. The first-order chi connectivity index (χ1) is 7.58. The molecule has 0 saturated heterocycles. The van der Waals surface area contributed by atoms with E-state index in [4.69, 9.17) is 5.26 Å². The van der Waals surface area contributed by atoms with Crippen LogP contribution in [0.5, 0.6) is 0 Å². The van der Waals surface area contributed by atoms with Crippen LogP contribution in [0.25, 0.3) is 0 Å². The van der Waals surface area contributed by atoms with Crippen molar-refractivity contribution in [3.63, 3.8) is 0 Å². The Morgan fingerprint density at radius 1 is 1.56 bits per heavy atom. The molecule has 0 fully saturated rings. The van der Waals surface area contributed by atoms with Gasteiger partial charge in [0.05, 0.1) is 11.6 Å². The van der Waals surface area contributed by atoms with Gasteiger partial charge in [-0.2, -0.15) is 5.26 Å². The summed E-state index contributed by atoms with van der Waals surface area (Å²) in [6.45, 7) is 1.72. The van der Waals surface area contributed by atoms with E-state index in [-0.39, 0.29) is 5.56 Å². The van der Waals surface area contributed by atoms with E-state index in [9.17, 15) is 13.6 Å². The van der Waals surface area contributed by atoms with Gasteiger partial charge >= 0.3 is 0 Å². The summed E-state index contributed by atoms with van der Waals surface area (Å²) in [6.07, 6.45) is 0.422. The van der Waals surface area contributed by atoms with Gasteiger partial charge in [-0.25, -0.2) is 8.78 Å². The lowest BCUT2D eigenvalue weighted by molar-refractivity contribution is 0.0940. The Hall–Kier alpha value is -1.96. The zero-order chi connectivity index (χ0) is 12.1. The summed E-state index contributed by atoms with van der Waals surface area (Å²) in [7, 11) is 0. The van der Waals surface area contributed by atoms with Crippen LogP contribution >= 0.6 is 0 Å². The second kappa shape index (κ2) is 5.21. The fourth-order valence-electron chi connectivity index (χ4n) is 1.14. The van der Waals surface area contributed by atoms with Crippen molar-refractivity contribution in [1.29, 1.82) is 5.26 Å². The van der Waals surface area contributed by atoms with Crippen molar-refractivity contribution >= 4 is 5.91 Å². The van der Waals surface area contributed by atoms with Gasteiger partial charge < -0.3 is 5.32 Å². The van der Waals surface area contributed by atoms with Gasteiger partial charge in [-0.1, -0.05) is 6.92 Å². The van der Waals surface area contributed by atoms with Crippen molar-refractivity contribution in [2.75, 3.05) is 0 Å². The minimum absolute atomic E-state index is 0.268. The summed E-state index contributed by atoms with van der Waals surface area (Å²) in [5.74, 6) is -2.41. The molecule has 1 N–H and O–H groups in total. The van der Waals surface area contributed by atoms with Crippen LogP contribution in [0.2, 0.25) is 0 Å². The maximum Gasteiger partial charge on any atom is 0.255 e. The van der Waals surface area contributed by atoms with Crippen LogP contribution in [-0.2, 0) is 0 Å². The molecule has 0 aromatic heterocycles. The Bertz CT molecular complexity index is 440. The normalized spacial score (nSPS) is 11.6. The Morgan fingerprint density at radius 2 is 2.25 bits per heavy atom. The molecule has 1 aromatic carbocycles. The quantitative estimate of drug-likeness (QED) is 0.853. The second-order valence-electron chi connectivity index (χ2n) is 3.19. The van der Waals surface area contributed by atoms with Crippen molar-refractivity contribution in [1.82, 2.24) is 5.32 Å². The molecule has 0 bridgehead atoms. The Morgan fingerprint density at radius 3 is 2.75 bits per heavy atom. The Labute approximate surface area is 91.7 Å². The highest BCUT2D eigenvalue weighted by atomic mass is 19.1. The van der Waals surface area contributed by atoms with E-state index in [1.54, 1.807) is 6.92 Å². The van der Waals surface area contributed by atoms with Crippen molar-refractivity contribution in [2.45, 2.75) is 19.4 Å². The largest absolute Gasteiger partial charge is 0.336 e. The molecule has 0 aliphatic carbocycles. The molecule has 0 saturated carbocycles. The number of hydrogen-bond donors (Lipinski definition) is 1. The molecule has 3 nitrogen and oxygen atoms in total. The predicted octanol–water partition coefficient (Wildman–Crippen LogP) is 2.00. The molecule has 0 spiro atoms. The molecule has 1 amide bonds. The van der Waals surface area contributed by atoms with Crippen molar-refractivity contribution in [3.8, 4) is 6.07 Å². The molecule has 16 heavy (non-hydrogen) atoms. The van der Waals surface area contributed by atoms with Crippen LogP contribution in [0.3, 0.4) is 0 Å². The van der Waals surface area contributed by atoms with Crippen LogP contribution < -0.4 is 5.32 Å². The second-order valence-corrected chi connectivity index (χ2v) is 3.19. The van der Waals surface area contributed by atoms with E-state index in [1.807, 2.05) is 6.07 Å². The zero-order valence-corrected chi connectivity index (χ0v) is 8.63. The van der Waals surface area contributed by atoms with Crippen molar-refractivity contribution < 1.29 is 13.6 Å². The fraction of sp³-hybridized carbons (Fsp3) is 0.273. The van der Waals surface area contributed by atoms with E-state index >= 15 is 0 Å². The van der Waals surface area contributed by atoms with Crippen LogP contribution in [0.1, 0.15) is 23.7 Å². The minimum atomic E-state index is -0.940. The highest BCUT2D eigenvalue weighted by Crippen LogP contribution is 2.09. The molecule has 84 valence electrons. The van der Waals surface area contributed by atoms with Gasteiger partial charge in [0.25, 0.3) is 5.91 Å². The van der Waals surface area contributed by atoms with Crippen LogP contribution in [0.15, 0.2) is 18.2 Å². The average molecular weight is 224 g/mol. The molecular formula is C11H10F2N2O. The number of nitrogens with one attached hydrogen (secondary N) is 1. The first-order valence-electron chi connectivity index (χ1n) is 4.74. The third kappa shape index (κ3) is 2.76. The maximum absolute atomic E-state index is 13.2. The summed E-state index contributed by atoms with van der Waals surface area (Å²) in [5.41, 5.74) is -0.268. The summed E-state index contributed by atoms with van der Waals surface area (Å²) >= 11 is 0. The lowest BCUT2D eigenvalue weighted by Gasteiger charge is -2.09. The number of halogens is 2. The van der Waals surface area contributed by atoms with Crippen LogP contribution in [0.4, 0.5) is 8.78 Å². The predicted molar refractivity (Wildman–Crippen MR) is 53.5 cm³/mol. The molecule has 0 radical (unpaired) electrons. The van der Waals surface area contributed by atoms with Crippen LogP contribution in [0, 0.1) is 23.0 Å². The summed E-state index contributed by atoms with van der Waals surface area (Å²) in [4.78, 5) is 11.5. The molecule has 5 heteroatoms. The highest BCUT2D eigenvalue weighted by molar-refractivity contribution is 5.94. The van der Waals surface area contributed by atoms with E-state index in [2.05, 4.69) is 5.32 Å². The number of nitrogens with zero attached hydrogens (tertiary/aromatic N) is 1. The van der Waals surface area contributed by atoms with E-state index < -0.39 is 23.6 Å². The molecule has 1 unspecified atom stereocenters. The maximum atomic E-state index is 13.2. The Balaban J connectivity index is 2.85. The lowest BCUT2D eigenvalue weighted by atomic mass is 10.1. The van der Waals surface area contributed by atoms with Crippen molar-refractivity contribution in [3.05, 3.63) is 35.4 Å². The molecule has 0 aliphatic heterocycles. The minimum Gasteiger partial charge on any atom is -0.336 e. The standard InChI is InChI=1S/C11H10F2N2O/c1-2-8(6-14)15-11(16)9-4-3-7(12)5-10(9)13/h3-5,8H,2H2,1H3,(H,15,16). The van der Waals surface area contributed by atoms with E-state index in [1.165, 1.54) is 0 Å². The molecule has 0 heterocycles. The van der Waals surface area contributed by atoms with E-state index in [0.717, 1.165) is 12.1 Å².